The van der Waals surface area contributed by atoms with Gasteiger partial charge in [0, 0.05) is 11.4 Å². The third-order valence-corrected chi connectivity index (χ3v) is 4.90. The maximum atomic E-state index is 12.4. The Balaban J connectivity index is 1.36. The number of carbonyl (C=O) groups excluding carboxylic acids is 2. The molecule has 1 aliphatic heterocycles. The van der Waals surface area contributed by atoms with Crippen LogP contribution in [0.2, 0.25) is 5.02 Å². The molecule has 0 fully saturated rings. The third-order valence-electron chi connectivity index (χ3n) is 4.54. The van der Waals surface area contributed by atoms with Gasteiger partial charge in [-0.3, -0.25) is 4.79 Å². The minimum Gasteiger partial charge on any atom is -0.486 e. The molecule has 31 heavy (non-hydrogen) atoms. The van der Waals surface area contributed by atoms with Gasteiger partial charge in [0.2, 0.25) is 0 Å². The smallest absolute Gasteiger partial charge is 0.337 e. The van der Waals surface area contributed by atoms with Gasteiger partial charge in [0.25, 0.3) is 0 Å². The van der Waals surface area contributed by atoms with Gasteiger partial charge in [0.05, 0.1) is 19.2 Å². The molecule has 2 aromatic carbocycles. The largest absolute Gasteiger partial charge is 0.486 e. The van der Waals surface area contributed by atoms with E-state index in [0.29, 0.717) is 34.3 Å². The van der Waals surface area contributed by atoms with Crippen LogP contribution in [-0.2, 0) is 11.2 Å². The molecular weight excluding hydrogens is 426 g/mol. The fraction of sp³-hybridized carbons (Fsp3) is 0.238. The van der Waals surface area contributed by atoms with Gasteiger partial charge >= 0.3 is 17.8 Å². The van der Waals surface area contributed by atoms with Gasteiger partial charge in [-0.1, -0.05) is 28.9 Å². The number of halogens is 1. The molecule has 1 unspecified atom stereocenters. The molecular formula is C21H18ClN3O6. The van der Waals surface area contributed by atoms with E-state index in [1.54, 1.807) is 24.3 Å². The van der Waals surface area contributed by atoms with E-state index in [-0.39, 0.29) is 30.8 Å². The molecule has 4 rings (SSSR count). The minimum atomic E-state index is -0.532. The SMILES string of the molecule is COC(=O)c1ccc(Cl)c(Cc2noc(C(=O)NCC3COc4ccccc4O3)n2)c1. The van der Waals surface area contributed by atoms with E-state index < -0.39 is 11.9 Å². The summed E-state index contributed by atoms with van der Waals surface area (Å²) in [4.78, 5) is 28.2. The third kappa shape index (κ3) is 4.77. The molecule has 0 radical (unpaired) electrons. The Bertz CT molecular complexity index is 1120. The zero-order valence-corrected chi connectivity index (χ0v) is 17.2. The lowest BCUT2D eigenvalue weighted by molar-refractivity contribution is 0.0600. The zero-order chi connectivity index (χ0) is 21.8. The van der Waals surface area contributed by atoms with Crippen LogP contribution in [0.4, 0.5) is 0 Å². The average molecular weight is 444 g/mol. The number of aromatic nitrogens is 2. The molecule has 0 saturated heterocycles. The highest BCUT2D eigenvalue weighted by molar-refractivity contribution is 6.31. The highest BCUT2D eigenvalue weighted by atomic mass is 35.5. The number of esters is 1. The molecule has 1 aliphatic rings. The molecule has 1 aromatic heterocycles. The number of ether oxygens (including phenoxy) is 3. The van der Waals surface area contributed by atoms with Gasteiger partial charge in [-0.15, -0.1) is 0 Å². The van der Waals surface area contributed by atoms with Gasteiger partial charge in [-0.05, 0) is 35.9 Å². The van der Waals surface area contributed by atoms with Crippen LogP contribution in [-0.4, -0.2) is 48.4 Å². The van der Waals surface area contributed by atoms with Gasteiger partial charge < -0.3 is 24.1 Å². The number of carbonyl (C=O) groups is 2. The fourth-order valence-electron chi connectivity index (χ4n) is 2.99. The summed E-state index contributed by atoms with van der Waals surface area (Å²) < 4.78 is 21.2. The molecule has 10 heteroatoms. The summed E-state index contributed by atoms with van der Waals surface area (Å²) in [5.74, 6) is 0.339. The second-order valence-corrected chi connectivity index (χ2v) is 7.11. The number of hydrogen-bond donors (Lipinski definition) is 1. The molecule has 1 atom stereocenters. The van der Waals surface area contributed by atoms with Crippen molar-refractivity contribution in [3.8, 4) is 11.5 Å². The van der Waals surface area contributed by atoms with Gasteiger partial charge in [0.15, 0.2) is 17.3 Å². The second-order valence-electron chi connectivity index (χ2n) is 6.70. The highest BCUT2D eigenvalue weighted by Gasteiger charge is 2.23. The zero-order valence-electron chi connectivity index (χ0n) is 16.5. The van der Waals surface area contributed by atoms with Crippen molar-refractivity contribution >= 4 is 23.5 Å². The van der Waals surface area contributed by atoms with Crippen LogP contribution in [0.1, 0.15) is 32.4 Å². The topological polar surface area (TPSA) is 113 Å². The van der Waals surface area contributed by atoms with E-state index >= 15 is 0 Å². The van der Waals surface area contributed by atoms with Crippen molar-refractivity contribution in [1.82, 2.24) is 15.5 Å². The Labute approximate surface area is 182 Å². The minimum absolute atomic E-state index is 0.177. The van der Waals surface area contributed by atoms with Gasteiger partial charge in [-0.2, -0.15) is 4.98 Å². The summed E-state index contributed by atoms with van der Waals surface area (Å²) in [6.07, 6.45) is -0.169. The summed E-state index contributed by atoms with van der Waals surface area (Å²) >= 11 is 6.19. The normalized spacial score (nSPS) is 14.7. The standard InChI is InChI=1S/C21H18ClN3O6/c1-28-21(27)12-6-7-15(22)13(8-12)9-18-24-20(31-25-18)19(26)23-10-14-11-29-16-4-2-3-5-17(16)30-14/h2-8,14H,9-11H2,1H3,(H,23,26). The first-order valence-electron chi connectivity index (χ1n) is 9.39. The van der Waals surface area contributed by atoms with E-state index in [9.17, 15) is 9.59 Å². The molecule has 3 aromatic rings. The van der Waals surface area contributed by atoms with Crippen molar-refractivity contribution in [2.45, 2.75) is 12.5 Å². The summed E-state index contributed by atoms with van der Waals surface area (Å²) in [5, 5.41) is 6.94. The van der Waals surface area contributed by atoms with Crippen molar-refractivity contribution in [1.29, 1.82) is 0 Å². The number of amides is 1. The van der Waals surface area contributed by atoms with E-state index in [0.717, 1.165) is 0 Å². The Kier molecular flexibility index (Phi) is 6.03. The Hall–Kier alpha value is -3.59. The summed E-state index contributed by atoms with van der Waals surface area (Å²) in [6.45, 7) is 0.513. The predicted molar refractivity (Wildman–Crippen MR) is 109 cm³/mol. The molecule has 9 nitrogen and oxygen atoms in total. The monoisotopic (exact) mass is 443 g/mol. The van der Waals surface area contributed by atoms with Crippen LogP contribution in [0.25, 0.3) is 0 Å². The van der Waals surface area contributed by atoms with E-state index in [1.807, 2.05) is 18.2 Å². The first-order valence-corrected chi connectivity index (χ1v) is 9.77. The lowest BCUT2D eigenvalue weighted by Crippen LogP contribution is -2.40. The molecule has 0 bridgehead atoms. The fourth-order valence-corrected chi connectivity index (χ4v) is 3.17. The summed E-state index contributed by atoms with van der Waals surface area (Å²) in [6, 6.07) is 12.0. The van der Waals surface area contributed by atoms with Crippen molar-refractivity contribution in [2.75, 3.05) is 20.3 Å². The van der Waals surface area contributed by atoms with Crippen LogP contribution >= 0.6 is 11.6 Å². The molecule has 0 spiro atoms. The quantitative estimate of drug-likeness (QED) is 0.578. The number of nitrogens with one attached hydrogen (secondary N) is 1. The lowest BCUT2D eigenvalue weighted by atomic mass is 10.1. The molecule has 1 N–H and O–H groups in total. The Morgan fingerprint density at radius 1 is 1.23 bits per heavy atom. The van der Waals surface area contributed by atoms with Crippen molar-refractivity contribution in [3.05, 3.63) is 70.3 Å². The first kappa shape index (κ1) is 20.7. The lowest BCUT2D eigenvalue weighted by Gasteiger charge is -2.26. The van der Waals surface area contributed by atoms with Crippen molar-refractivity contribution in [3.63, 3.8) is 0 Å². The van der Waals surface area contributed by atoms with E-state index in [2.05, 4.69) is 15.5 Å². The highest BCUT2D eigenvalue weighted by Crippen LogP contribution is 2.30. The number of hydrogen-bond acceptors (Lipinski definition) is 8. The maximum absolute atomic E-state index is 12.4. The average Bonchev–Trinajstić information content (AvgIpc) is 3.27. The van der Waals surface area contributed by atoms with Gasteiger partial charge in [0.1, 0.15) is 12.7 Å². The van der Waals surface area contributed by atoms with Crippen LogP contribution in [0.5, 0.6) is 11.5 Å². The van der Waals surface area contributed by atoms with Crippen LogP contribution in [0.15, 0.2) is 47.0 Å². The van der Waals surface area contributed by atoms with Crippen molar-refractivity contribution < 1.29 is 28.3 Å². The van der Waals surface area contributed by atoms with Gasteiger partial charge in [-0.25, -0.2) is 4.79 Å². The molecule has 0 saturated carbocycles. The molecule has 160 valence electrons. The molecule has 2 heterocycles. The van der Waals surface area contributed by atoms with Crippen LogP contribution < -0.4 is 14.8 Å². The Morgan fingerprint density at radius 2 is 2.03 bits per heavy atom. The maximum Gasteiger partial charge on any atom is 0.337 e. The van der Waals surface area contributed by atoms with Crippen LogP contribution in [0.3, 0.4) is 0 Å². The molecule has 0 aliphatic carbocycles. The number of nitrogens with zero attached hydrogens (tertiary/aromatic N) is 2. The number of rotatable bonds is 6. The van der Waals surface area contributed by atoms with E-state index in [4.69, 9.17) is 30.3 Å². The second kappa shape index (κ2) is 9.05. The number of benzene rings is 2. The molecule has 1 amide bonds. The van der Waals surface area contributed by atoms with E-state index in [1.165, 1.54) is 7.11 Å². The number of methoxy groups -OCH3 is 1. The number of para-hydroxylation sites is 2. The number of fused-ring (bicyclic) bond motifs is 1. The Morgan fingerprint density at radius 3 is 2.84 bits per heavy atom. The van der Waals surface area contributed by atoms with Crippen LogP contribution in [0, 0.1) is 0 Å². The first-order chi connectivity index (χ1) is 15.0. The summed E-state index contributed by atoms with van der Waals surface area (Å²) in [5.41, 5.74) is 0.948. The summed E-state index contributed by atoms with van der Waals surface area (Å²) in [7, 11) is 1.30. The van der Waals surface area contributed by atoms with Crippen molar-refractivity contribution in [2.24, 2.45) is 0 Å². The predicted octanol–water partition coefficient (Wildman–Crippen LogP) is 2.67.